The highest BCUT2D eigenvalue weighted by Crippen LogP contribution is 2.42. The summed E-state index contributed by atoms with van der Waals surface area (Å²) < 4.78 is 6.60. The van der Waals surface area contributed by atoms with Gasteiger partial charge < -0.3 is 9.84 Å². The lowest BCUT2D eigenvalue weighted by Crippen LogP contribution is -1.84. The van der Waals surface area contributed by atoms with Gasteiger partial charge in [-0.3, -0.25) is 0 Å². The number of benzene rings is 1. The molecule has 0 aliphatic rings. The first kappa shape index (κ1) is 8.84. The van der Waals surface area contributed by atoms with Crippen molar-refractivity contribution in [2.45, 2.75) is 0 Å². The summed E-state index contributed by atoms with van der Waals surface area (Å²) in [6, 6.07) is 3.85. The maximum atomic E-state index is 9.74. The van der Waals surface area contributed by atoms with E-state index in [4.69, 9.17) is 4.74 Å². The molecule has 0 atom stereocenters. The van der Waals surface area contributed by atoms with Gasteiger partial charge in [-0.15, -0.1) is 11.3 Å². The van der Waals surface area contributed by atoms with Gasteiger partial charge in [-0.1, -0.05) is 0 Å². The Bertz CT molecular complexity index is 450. The van der Waals surface area contributed by atoms with E-state index in [0.29, 0.717) is 10.2 Å². The summed E-state index contributed by atoms with van der Waals surface area (Å²) in [5.74, 6) is 0.910. The average molecular weight is 259 g/mol. The molecule has 0 amide bonds. The van der Waals surface area contributed by atoms with Crippen molar-refractivity contribution in [2.75, 3.05) is 7.11 Å². The normalized spacial score (nSPS) is 10.6. The Morgan fingerprint density at radius 3 is 3.00 bits per heavy atom. The van der Waals surface area contributed by atoms with Gasteiger partial charge in [0.2, 0.25) is 0 Å². The molecule has 0 aliphatic heterocycles. The van der Waals surface area contributed by atoms with Gasteiger partial charge in [0.15, 0.2) is 5.75 Å². The van der Waals surface area contributed by atoms with Crippen LogP contribution in [0.3, 0.4) is 0 Å². The number of halogens is 1. The Labute approximate surface area is 87.9 Å². The summed E-state index contributed by atoms with van der Waals surface area (Å²) in [6.07, 6.45) is 0. The molecule has 0 saturated heterocycles. The van der Waals surface area contributed by atoms with Crippen LogP contribution in [0.25, 0.3) is 10.1 Å². The molecule has 13 heavy (non-hydrogen) atoms. The van der Waals surface area contributed by atoms with Crippen LogP contribution in [0.1, 0.15) is 0 Å². The second-order valence-electron chi connectivity index (χ2n) is 2.58. The zero-order valence-corrected chi connectivity index (χ0v) is 9.28. The molecule has 0 unspecified atom stereocenters. The second kappa shape index (κ2) is 3.20. The number of thiophene rings is 1. The number of rotatable bonds is 1. The monoisotopic (exact) mass is 258 g/mol. The Morgan fingerprint density at radius 1 is 1.54 bits per heavy atom. The van der Waals surface area contributed by atoms with Crippen molar-refractivity contribution in [1.82, 2.24) is 0 Å². The van der Waals surface area contributed by atoms with Gasteiger partial charge in [0, 0.05) is 0 Å². The molecule has 0 radical (unpaired) electrons. The average Bonchev–Trinajstić information content (AvgIpc) is 2.59. The Balaban J connectivity index is 2.83. The summed E-state index contributed by atoms with van der Waals surface area (Å²) in [5, 5.41) is 12.7. The minimum atomic E-state index is 0.254. The summed E-state index contributed by atoms with van der Waals surface area (Å²) in [7, 11) is 1.58. The number of ether oxygens (including phenoxy) is 1. The third-order valence-corrected chi connectivity index (χ3v) is 3.54. The van der Waals surface area contributed by atoms with Crippen LogP contribution in [0.4, 0.5) is 0 Å². The third kappa shape index (κ3) is 1.30. The van der Waals surface area contributed by atoms with Crippen LogP contribution in [0, 0.1) is 0 Å². The van der Waals surface area contributed by atoms with Crippen molar-refractivity contribution in [3.8, 4) is 11.5 Å². The minimum Gasteiger partial charge on any atom is -0.505 e. The molecule has 0 saturated carbocycles. The molecule has 2 aromatic rings. The molecule has 4 heteroatoms. The van der Waals surface area contributed by atoms with Gasteiger partial charge in [0.25, 0.3) is 0 Å². The number of hydrogen-bond acceptors (Lipinski definition) is 3. The molecule has 0 aliphatic carbocycles. The third-order valence-electron chi connectivity index (χ3n) is 1.84. The topological polar surface area (TPSA) is 29.5 Å². The van der Waals surface area contributed by atoms with Crippen molar-refractivity contribution >= 4 is 37.4 Å². The number of phenolic OH excluding ortho intramolecular Hbond substituents is 1. The van der Waals surface area contributed by atoms with Crippen LogP contribution < -0.4 is 4.74 Å². The number of hydrogen-bond donors (Lipinski definition) is 1. The minimum absolute atomic E-state index is 0.254. The Morgan fingerprint density at radius 2 is 2.31 bits per heavy atom. The lowest BCUT2D eigenvalue weighted by molar-refractivity contribution is 0.405. The lowest BCUT2D eigenvalue weighted by Gasteiger charge is -2.05. The fourth-order valence-corrected chi connectivity index (χ4v) is 2.63. The highest BCUT2D eigenvalue weighted by atomic mass is 79.9. The zero-order chi connectivity index (χ0) is 9.42. The van der Waals surface area contributed by atoms with Gasteiger partial charge >= 0.3 is 0 Å². The maximum Gasteiger partial charge on any atom is 0.151 e. The van der Waals surface area contributed by atoms with Crippen molar-refractivity contribution in [2.24, 2.45) is 0 Å². The molecule has 2 nitrogen and oxygen atoms in total. The molecule has 1 aromatic heterocycles. The van der Waals surface area contributed by atoms with Gasteiger partial charge in [0.1, 0.15) is 10.2 Å². The van der Waals surface area contributed by atoms with Crippen molar-refractivity contribution in [3.05, 3.63) is 22.0 Å². The quantitative estimate of drug-likeness (QED) is 0.850. The number of fused-ring (bicyclic) bond motifs is 1. The summed E-state index contributed by atoms with van der Waals surface area (Å²) in [5.41, 5.74) is 0. The molecule has 0 fully saturated rings. The highest BCUT2D eigenvalue weighted by Gasteiger charge is 2.11. The fraction of sp³-hybridized carbons (Fsp3) is 0.111. The Kier molecular flexibility index (Phi) is 2.17. The van der Waals surface area contributed by atoms with E-state index in [0.717, 1.165) is 10.1 Å². The van der Waals surface area contributed by atoms with Gasteiger partial charge in [-0.05, 0) is 38.8 Å². The Hall–Kier alpha value is -0.740. The highest BCUT2D eigenvalue weighted by molar-refractivity contribution is 9.10. The predicted molar refractivity (Wildman–Crippen MR) is 57.7 cm³/mol. The van der Waals surface area contributed by atoms with E-state index in [9.17, 15) is 5.11 Å². The molecular formula is C9H7BrO2S. The maximum absolute atomic E-state index is 9.74. The molecule has 1 heterocycles. The zero-order valence-electron chi connectivity index (χ0n) is 6.87. The molecule has 2 rings (SSSR count). The molecule has 68 valence electrons. The van der Waals surface area contributed by atoms with Crippen LogP contribution in [-0.4, -0.2) is 12.2 Å². The lowest BCUT2D eigenvalue weighted by atomic mass is 10.2. The van der Waals surface area contributed by atoms with Crippen molar-refractivity contribution in [3.63, 3.8) is 0 Å². The van der Waals surface area contributed by atoms with Crippen molar-refractivity contribution in [1.29, 1.82) is 0 Å². The number of aromatic hydroxyl groups is 1. The smallest absolute Gasteiger partial charge is 0.151 e. The second-order valence-corrected chi connectivity index (χ2v) is 4.29. The van der Waals surface area contributed by atoms with E-state index in [1.165, 1.54) is 11.3 Å². The van der Waals surface area contributed by atoms with E-state index >= 15 is 0 Å². The van der Waals surface area contributed by atoms with E-state index in [1.54, 1.807) is 7.11 Å². The largest absolute Gasteiger partial charge is 0.505 e. The van der Waals surface area contributed by atoms with E-state index in [2.05, 4.69) is 15.9 Å². The van der Waals surface area contributed by atoms with E-state index in [-0.39, 0.29) is 5.75 Å². The summed E-state index contributed by atoms with van der Waals surface area (Å²) in [6.45, 7) is 0. The van der Waals surface area contributed by atoms with Gasteiger partial charge in [0.05, 0.1) is 11.8 Å². The summed E-state index contributed by atoms with van der Waals surface area (Å²) in [4.78, 5) is 0. The predicted octanol–water partition coefficient (Wildman–Crippen LogP) is 3.38. The first-order chi connectivity index (χ1) is 6.24. The summed E-state index contributed by atoms with van der Waals surface area (Å²) >= 11 is 4.79. The van der Waals surface area contributed by atoms with Crippen LogP contribution in [0.2, 0.25) is 0 Å². The van der Waals surface area contributed by atoms with Crippen LogP contribution in [0.15, 0.2) is 22.0 Å². The molecule has 0 spiro atoms. The molecule has 1 N–H and O–H groups in total. The number of methoxy groups -OCH3 is 1. The standard InChI is InChI=1S/C9H7BrO2S/c1-12-6-4-5-2-3-13-9(5)8(11)7(6)10/h2-4,11H,1H3. The van der Waals surface area contributed by atoms with Crippen molar-refractivity contribution < 1.29 is 9.84 Å². The van der Waals surface area contributed by atoms with Gasteiger partial charge in [-0.2, -0.15) is 0 Å². The molecular weight excluding hydrogens is 252 g/mol. The van der Waals surface area contributed by atoms with Crippen LogP contribution in [-0.2, 0) is 0 Å². The van der Waals surface area contributed by atoms with Crippen LogP contribution >= 0.6 is 27.3 Å². The first-order valence-corrected chi connectivity index (χ1v) is 5.34. The fourth-order valence-electron chi connectivity index (χ4n) is 1.19. The number of phenols is 1. The van der Waals surface area contributed by atoms with Gasteiger partial charge in [-0.25, -0.2) is 0 Å². The first-order valence-electron chi connectivity index (χ1n) is 3.66. The molecule has 1 aromatic carbocycles. The molecule has 0 bridgehead atoms. The van der Waals surface area contributed by atoms with E-state index < -0.39 is 0 Å². The SMILES string of the molecule is COc1cc2ccsc2c(O)c1Br. The van der Waals surface area contributed by atoms with E-state index in [1.807, 2.05) is 17.5 Å². The van der Waals surface area contributed by atoms with Crippen LogP contribution in [0.5, 0.6) is 11.5 Å².